The number of likely N-dealkylation sites (tertiary alicyclic amines) is 1. The molecular weight excluding hydrogens is 465 g/mol. The van der Waals surface area contributed by atoms with Crippen LogP contribution in [-0.4, -0.2) is 62.3 Å². The molecule has 2 atom stereocenters. The van der Waals surface area contributed by atoms with Gasteiger partial charge in [0.15, 0.2) is 0 Å². The van der Waals surface area contributed by atoms with E-state index in [4.69, 9.17) is 31.5 Å². The first-order valence-corrected chi connectivity index (χ1v) is 11.4. The maximum atomic E-state index is 13.0. The number of nitrogens with two attached hydrogens (primary N) is 1. The highest BCUT2D eigenvalue weighted by molar-refractivity contribution is 6.33. The van der Waals surface area contributed by atoms with Crippen molar-refractivity contribution in [2.75, 3.05) is 39.1 Å². The Morgan fingerprint density at radius 1 is 1.26 bits per heavy atom. The van der Waals surface area contributed by atoms with E-state index < -0.39 is 12.1 Å². The second-order valence-corrected chi connectivity index (χ2v) is 8.45. The van der Waals surface area contributed by atoms with Gasteiger partial charge in [0.1, 0.15) is 23.4 Å². The van der Waals surface area contributed by atoms with Crippen LogP contribution >= 0.6 is 11.6 Å². The van der Waals surface area contributed by atoms with Crippen molar-refractivity contribution < 1.29 is 28.2 Å². The van der Waals surface area contributed by atoms with E-state index in [2.05, 4.69) is 10.2 Å². The van der Waals surface area contributed by atoms with E-state index in [1.165, 1.54) is 38.3 Å². The molecule has 1 aliphatic rings. The molecule has 184 valence electrons. The lowest BCUT2D eigenvalue weighted by Crippen LogP contribution is -2.55. The number of piperidine rings is 1. The highest BCUT2D eigenvalue weighted by atomic mass is 35.5. The lowest BCUT2D eigenvalue weighted by Gasteiger charge is -2.38. The van der Waals surface area contributed by atoms with E-state index in [-0.39, 0.29) is 28.4 Å². The van der Waals surface area contributed by atoms with Gasteiger partial charge in [-0.1, -0.05) is 11.6 Å². The molecule has 0 aromatic heterocycles. The van der Waals surface area contributed by atoms with Gasteiger partial charge in [-0.15, -0.1) is 0 Å². The van der Waals surface area contributed by atoms with Gasteiger partial charge in [-0.05, 0) is 43.2 Å². The number of esters is 1. The number of ether oxygens (including phenoxy) is 3. The Bertz CT molecular complexity index is 1000. The lowest BCUT2D eigenvalue weighted by molar-refractivity contribution is -0.150. The standard InChI is InChI=1S/C24H29ClFN3O5/c1-15(30)34-23-14-29(9-3-11-33-17-6-4-16(26)5-7-17)10-8-21(23)28-24(31)18-12-19(25)20(27)13-22(18)32-2/h4-7,12-13,21,23H,3,8-11,14,27H2,1-2H3,(H,28,31). The Hall–Kier alpha value is -3.04. The molecule has 10 heteroatoms. The van der Waals surface area contributed by atoms with Crippen LogP contribution < -0.4 is 20.5 Å². The first-order chi connectivity index (χ1) is 16.3. The third kappa shape index (κ3) is 6.98. The van der Waals surface area contributed by atoms with Gasteiger partial charge in [-0.3, -0.25) is 14.5 Å². The van der Waals surface area contributed by atoms with E-state index in [1.807, 2.05) is 0 Å². The minimum absolute atomic E-state index is 0.250. The SMILES string of the molecule is COc1cc(N)c(Cl)cc1C(=O)NC1CCN(CCCOc2ccc(F)cc2)CC1OC(C)=O. The predicted octanol–water partition coefficient (Wildman–Crippen LogP) is 3.27. The Kier molecular flexibility index (Phi) is 8.95. The van der Waals surface area contributed by atoms with Crippen LogP contribution in [0.3, 0.4) is 0 Å². The van der Waals surface area contributed by atoms with Crippen LogP contribution in [-0.2, 0) is 9.53 Å². The van der Waals surface area contributed by atoms with Crippen molar-refractivity contribution in [1.29, 1.82) is 0 Å². The number of amides is 1. The maximum absolute atomic E-state index is 13.0. The summed E-state index contributed by atoms with van der Waals surface area (Å²) in [4.78, 5) is 26.8. The zero-order valence-electron chi connectivity index (χ0n) is 19.2. The molecule has 1 saturated heterocycles. The molecule has 2 unspecified atom stereocenters. The van der Waals surface area contributed by atoms with E-state index in [0.29, 0.717) is 43.3 Å². The summed E-state index contributed by atoms with van der Waals surface area (Å²) in [5.41, 5.74) is 6.36. The van der Waals surface area contributed by atoms with E-state index in [9.17, 15) is 14.0 Å². The summed E-state index contributed by atoms with van der Waals surface area (Å²) in [6, 6.07) is 8.47. The summed E-state index contributed by atoms with van der Waals surface area (Å²) < 4.78 is 29.4. The molecule has 0 radical (unpaired) electrons. The molecule has 3 rings (SSSR count). The average molecular weight is 494 g/mol. The highest BCUT2D eigenvalue weighted by Crippen LogP contribution is 2.29. The molecular formula is C24H29ClFN3O5. The molecule has 1 heterocycles. The Labute approximate surface area is 203 Å². The molecule has 0 spiro atoms. The van der Waals surface area contributed by atoms with Crippen molar-refractivity contribution in [3.8, 4) is 11.5 Å². The molecule has 0 bridgehead atoms. The van der Waals surface area contributed by atoms with E-state index in [0.717, 1.165) is 13.0 Å². The number of hydrogen-bond acceptors (Lipinski definition) is 7. The molecule has 0 aliphatic carbocycles. The molecule has 1 aliphatic heterocycles. The number of nitrogen functional groups attached to an aromatic ring is 1. The number of nitrogens with zero attached hydrogens (tertiary/aromatic N) is 1. The number of nitrogens with one attached hydrogen (secondary N) is 1. The summed E-state index contributed by atoms with van der Waals surface area (Å²) in [6.07, 6.45) is 0.819. The van der Waals surface area contributed by atoms with Crippen LogP contribution in [0.2, 0.25) is 5.02 Å². The van der Waals surface area contributed by atoms with Gasteiger partial charge in [0.2, 0.25) is 0 Å². The quantitative estimate of drug-likeness (QED) is 0.314. The van der Waals surface area contributed by atoms with Crippen molar-refractivity contribution in [2.45, 2.75) is 31.9 Å². The van der Waals surface area contributed by atoms with Crippen molar-refractivity contribution in [2.24, 2.45) is 0 Å². The van der Waals surface area contributed by atoms with E-state index >= 15 is 0 Å². The maximum Gasteiger partial charge on any atom is 0.303 e. The van der Waals surface area contributed by atoms with Crippen molar-refractivity contribution in [3.05, 3.63) is 52.8 Å². The second-order valence-electron chi connectivity index (χ2n) is 8.05. The number of hydrogen-bond donors (Lipinski definition) is 2. The lowest BCUT2D eigenvalue weighted by atomic mass is 10.0. The van der Waals surface area contributed by atoms with Gasteiger partial charge in [0.05, 0.1) is 36.0 Å². The van der Waals surface area contributed by atoms with Gasteiger partial charge in [-0.25, -0.2) is 4.39 Å². The summed E-state index contributed by atoms with van der Waals surface area (Å²) in [5.74, 6) is -0.196. The number of benzene rings is 2. The van der Waals surface area contributed by atoms with Crippen molar-refractivity contribution >= 4 is 29.2 Å². The largest absolute Gasteiger partial charge is 0.496 e. The fourth-order valence-electron chi connectivity index (χ4n) is 3.85. The third-order valence-electron chi connectivity index (χ3n) is 5.54. The van der Waals surface area contributed by atoms with Crippen LogP contribution in [0.4, 0.5) is 10.1 Å². The molecule has 0 saturated carbocycles. The van der Waals surface area contributed by atoms with Gasteiger partial charge in [0.25, 0.3) is 5.91 Å². The summed E-state index contributed by atoms with van der Waals surface area (Å²) in [6.45, 7) is 3.72. The number of methoxy groups -OCH3 is 1. The minimum atomic E-state index is -0.511. The second kappa shape index (κ2) is 11.9. The first-order valence-electron chi connectivity index (χ1n) is 11.0. The Balaban J connectivity index is 1.56. The molecule has 1 fully saturated rings. The molecule has 2 aromatic carbocycles. The number of carbonyl (C=O) groups excluding carboxylic acids is 2. The van der Waals surface area contributed by atoms with Gasteiger partial charge >= 0.3 is 5.97 Å². The van der Waals surface area contributed by atoms with Crippen LogP contribution in [0.1, 0.15) is 30.1 Å². The monoisotopic (exact) mass is 493 g/mol. The van der Waals surface area contributed by atoms with Gasteiger partial charge in [0, 0.05) is 32.6 Å². The molecule has 3 N–H and O–H groups in total. The highest BCUT2D eigenvalue weighted by Gasteiger charge is 2.33. The summed E-state index contributed by atoms with van der Waals surface area (Å²) >= 11 is 6.09. The van der Waals surface area contributed by atoms with Crippen LogP contribution in [0.25, 0.3) is 0 Å². The normalized spacial score (nSPS) is 18.2. The minimum Gasteiger partial charge on any atom is -0.496 e. The molecule has 2 aromatic rings. The van der Waals surface area contributed by atoms with Crippen molar-refractivity contribution in [1.82, 2.24) is 10.2 Å². The zero-order valence-corrected chi connectivity index (χ0v) is 19.9. The average Bonchev–Trinajstić information content (AvgIpc) is 2.80. The Morgan fingerprint density at radius 2 is 2.00 bits per heavy atom. The molecule has 34 heavy (non-hydrogen) atoms. The topological polar surface area (TPSA) is 103 Å². The molecule has 1 amide bonds. The third-order valence-corrected chi connectivity index (χ3v) is 5.87. The number of anilines is 1. The van der Waals surface area contributed by atoms with E-state index in [1.54, 1.807) is 12.1 Å². The zero-order chi connectivity index (χ0) is 24.7. The number of halogens is 2. The fourth-order valence-corrected chi connectivity index (χ4v) is 4.02. The predicted molar refractivity (Wildman–Crippen MR) is 127 cm³/mol. The summed E-state index contributed by atoms with van der Waals surface area (Å²) in [7, 11) is 1.44. The van der Waals surface area contributed by atoms with Gasteiger partial charge in [-0.2, -0.15) is 0 Å². The molecule has 8 nitrogen and oxygen atoms in total. The van der Waals surface area contributed by atoms with Crippen LogP contribution in [0.5, 0.6) is 11.5 Å². The van der Waals surface area contributed by atoms with Crippen LogP contribution in [0.15, 0.2) is 36.4 Å². The fraction of sp³-hybridized carbons (Fsp3) is 0.417. The number of rotatable bonds is 9. The number of carbonyl (C=O) groups is 2. The first kappa shape index (κ1) is 25.6. The smallest absolute Gasteiger partial charge is 0.303 e. The van der Waals surface area contributed by atoms with Gasteiger partial charge < -0.3 is 25.3 Å². The summed E-state index contributed by atoms with van der Waals surface area (Å²) in [5, 5.41) is 3.20. The van der Waals surface area contributed by atoms with Crippen molar-refractivity contribution in [3.63, 3.8) is 0 Å². The van der Waals surface area contributed by atoms with Crippen LogP contribution in [0, 0.1) is 5.82 Å². The Morgan fingerprint density at radius 3 is 2.68 bits per heavy atom.